The van der Waals surface area contributed by atoms with Crippen LogP contribution in [0.4, 0.5) is 5.69 Å². The molecule has 0 radical (unpaired) electrons. The van der Waals surface area contributed by atoms with Gasteiger partial charge >= 0.3 is 0 Å². The Balaban J connectivity index is 1.56. The van der Waals surface area contributed by atoms with Gasteiger partial charge in [0.1, 0.15) is 18.9 Å². The minimum Gasteiger partial charge on any atom is -0.489 e. The Bertz CT molecular complexity index is 1270. The van der Waals surface area contributed by atoms with Gasteiger partial charge in [-0.3, -0.25) is 9.10 Å². The van der Waals surface area contributed by atoms with Gasteiger partial charge in [0.15, 0.2) is 0 Å². The molecule has 178 valence electrons. The van der Waals surface area contributed by atoms with Crippen LogP contribution in [0.15, 0.2) is 71.8 Å². The van der Waals surface area contributed by atoms with E-state index in [1.165, 1.54) is 11.8 Å². The summed E-state index contributed by atoms with van der Waals surface area (Å²) >= 11 is 0. The maximum Gasteiger partial charge on any atom is 0.260 e. The molecule has 0 saturated carbocycles. The topological polar surface area (TPSA) is 88.1 Å². The van der Waals surface area contributed by atoms with Crippen molar-refractivity contribution in [3.63, 3.8) is 0 Å². The number of ether oxygens (including phenoxy) is 1. The molecule has 3 rings (SSSR count). The molecule has 0 spiro atoms. The van der Waals surface area contributed by atoms with Gasteiger partial charge in [-0.15, -0.1) is 0 Å². The van der Waals surface area contributed by atoms with Gasteiger partial charge < -0.3 is 4.74 Å². The molecule has 0 unspecified atom stereocenters. The number of carbonyl (C=O) groups is 1. The van der Waals surface area contributed by atoms with Crippen molar-refractivity contribution >= 4 is 27.8 Å². The zero-order chi connectivity index (χ0) is 24.7. The monoisotopic (exact) mass is 479 g/mol. The standard InChI is InChI=1S/C26H29N3O4S/c1-19-5-8-23(9-6-19)18-33-24-12-10-22(11-13-24)16-27-28-26(30)17-29(34(4,31)32)25-14-7-20(2)15-21(25)3/h5-16H,17-18H2,1-4H3,(H,28,30)/b27-16-. The van der Waals surface area contributed by atoms with Crippen molar-refractivity contribution in [1.29, 1.82) is 0 Å². The molecule has 34 heavy (non-hydrogen) atoms. The normalized spacial score (nSPS) is 11.4. The van der Waals surface area contributed by atoms with E-state index in [-0.39, 0.29) is 6.54 Å². The van der Waals surface area contributed by atoms with Crippen molar-refractivity contribution in [1.82, 2.24) is 5.43 Å². The van der Waals surface area contributed by atoms with E-state index in [9.17, 15) is 13.2 Å². The molecule has 0 aromatic heterocycles. The van der Waals surface area contributed by atoms with Crippen LogP contribution in [-0.4, -0.2) is 33.3 Å². The predicted octanol–water partition coefficient (Wildman–Crippen LogP) is 4.11. The number of aryl methyl sites for hydroxylation is 3. The van der Waals surface area contributed by atoms with Gasteiger partial charge in [-0.2, -0.15) is 5.10 Å². The lowest BCUT2D eigenvalue weighted by Gasteiger charge is -2.23. The highest BCUT2D eigenvalue weighted by molar-refractivity contribution is 7.92. The summed E-state index contributed by atoms with van der Waals surface area (Å²) in [7, 11) is -3.65. The summed E-state index contributed by atoms with van der Waals surface area (Å²) in [4.78, 5) is 12.4. The maximum atomic E-state index is 12.4. The third-order valence-corrected chi connectivity index (χ3v) is 6.24. The summed E-state index contributed by atoms with van der Waals surface area (Å²) in [6, 6.07) is 20.8. The second kappa shape index (κ2) is 11.0. The molecule has 0 saturated heterocycles. The Morgan fingerprint density at radius 3 is 2.24 bits per heavy atom. The smallest absolute Gasteiger partial charge is 0.260 e. The van der Waals surface area contributed by atoms with Crippen LogP contribution in [0.5, 0.6) is 5.75 Å². The van der Waals surface area contributed by atoms with Gasteiger partial charge in [0.05, 0.1) is 18.2 Å². The minimum atomic E-state index is -3.65. The van der Waals surface area contributed by atoms with Gasteiger partial charge in [0, 0.05) is 0 Å². The molecule has 1 amide bonds. The molecule has 0 aliphatic rings. The van der Waals surface area contributed by atoms with E-state index in [1.54, 1.807) is 6.07 Å². The summed E-state index contributed by atoms with van der Waals surface area (Å²) in [5.41, 5.74) is 7.69. The maximum absolute atomic E-state index is 12.4. The highest BCUT2D eigenvalue weighted by Crippen LogP contribution is 2.23. The lowest BCUT2D eigenvalue weighted by molar-refractivity contribution is -0.119. The lowest BCUT2D eigenvalue weighted by Crippen LogP contribution is -2.39. The summed E-state index contributed by atoms with van der Waals surface area (Å²) in [5.74, 6) is 0.179. The van der Waals surface area contributed by atoms with E-state index in [2.05, 4.69) is 10.5 Å². The van der Waals surface area contributed by atoms with Crippen molar-refractivity contribution in [3.8, 4) is 5.75 Å². The molecule has 7 nitrogen and oxygen atoms in total. The van der Waals surface area contributed by atoms with Crippen molar-refractivity contribution in [2.45, 2.75) is 27.4 Å². The van der Waals surface area contributed by atoms with Gasteiger partial charge in [-0.1, -0.05) is 47.5 Å². The average Bonchev–Trinajstić information content (AvgIpc) is 2.78. The van der Waals surface area contributed by atoms with E-state index in [4.69, 9.17) is 4.74 Å². The number of carbonyl (C=O) groups excluding carboxylic acids is 1. The Labute approximate surface area is 201 Å². The van der Waals surface area contributed by atoms with Crippen LogP contribution in [0.25, 0.3) is 0 Å². The van der Waals surface area contributed by atoms with Crippen LogP contribution < -0.4 is 14.5 Å². The van der Waals surface area contributed by atoms with Gasteiger partial charge in [-0.25, -0.2) is 13.8 Å². The highest BCUT2D eigenvalue weighted by Gasteiger charge is 2.22. The fraction of sp³-hybridized carbons (Fsp3) is 0.231. The second-order valence-electron chi connectivity index (χ2n) is 8.20. The molecular weight excluding hydrogens is 450 g/mol. The Kier molecular flexibility index (Phi) is 8.07. The number of anilines is 1. The fourth-order valence-electron chi connectivity index (χ4n) is 3.31. The van der Waals surface area contributed by atoms with Gasteiger partial charge in [-0.05, 0) is 67.8 Å². The van der Waals surface area contributed by atoms with E-state index < -0.39 is 15.9 Å². The zero-order valence-corrected chi connectivity index (χ0v) is 20.6. The largest absolute Gasteiger partial charge is 0.489 e. The van der Waals surface area contributed by atoms with E-state index in [1.807, 2.05) is 81.4 Å². The third-order valence-electron chi connectivity index (χ3n) is 5.12. The number of hydrogen-bond donors (Lipinski definition) is 1. The van der Waals surface area contributed by atoms with Gasteiger partial charge in [0.2, 0.25) is 10.0 Å². The van der Waals surface area contributed by atoms with Crippen molar-refractivity contribution < 1.29 is 17.9 Å². The van der Waals surface area contributed by atoms with Crippen LogP contribution in [0.1, 0.15) is 27.8 Å². The number of hydrazone groups is 1. The summed E-state index contributed by atoms with van der Waals surface area (Å²) in [5, 5.41) is 3.95. The molecule has 0 bridgehead atoms. The first kappa shape index (κ1) is 25.0. The summed E-state index contributed by atoms with van der Waals surface area (Å²) < 4.78 is 31.4. The second-order valence-corrected chi connectivity index (χ2v) is 10.1. The Morgan fingerprint density at radius 2 is 1.62 bits per heavy atom. The number of hydrogen-bond acceptors (Lipinski definition) is 5. The number of amides is 1. The Hall–Kier alpha value is -3.65. The van der Waals surface area contributed by atoms with Crippen LogP contribution in [0, 0.1) is 20.8 Å². The molecule has 0 fully saturated rings. The Morgan fingerprint density at radius 1 is 0.971 bits per heavy atom. The van der Waals surface area contributed by atoms with E-state index in [0.717, 1.165) is 38.6 Å². The van der Waals surface area contributed by atoms with Crippen molar-refractivity contribution in [2.75, 3.05) is 17.1 Å². The summed E-state index contributed by atoms with van der Waals surface area (Å²) in [6.07, 6.45) is 2.56. The van der Waals surface area contributed by atoms with Crippen LogP contribution in [0.2, 0.25) is 0 Å². The number of benzene rings is 3. The quantitative estimate of drug-likeness (QED) is 0.370. The molecule has 0 heterocycles. The molecular formula is C26H29N3O4S. The highest BCUT2D eigenvalue weighted by atomic mass is 32.2. The first-order valence-corrected chi connectivity index (χ1v) is 12.6. The number of nitrogens with zero attached hydrogens (tertiary/aromatic N) is 2. The van der Waals surface area contributed by atoms with Crippen LogP contribution in [-0.2, 0) is 21.4 Å². The van der Waals surface area contributed by atoms with Crippen molar-refractivity contribution in [3.05, 3.63) is 94.5 Å². The van der Waals surface area contributed by atoms with Gasteiger partial charge in [0.25, 0.3) is 5.91 Å². The van der Waals surface area contributed by atoms with Crippen molar-refractivity contribution in [2.24, 2.45) is 5.10 Å². The zero-order valence-electron chi connectivity index (χ0n) is 19.8. The lowest BCUT2D eigenvalue weighted by atomic mass is 10.1. The van der Waals surface area contributed by atoms with Crippen LogP contribution >= 0.6 is 0 Å². The van der Waals surface area contributed by atoms with E-state index in [0.29, 0.717) is 12.3 Å². The number of sulfonamides is 1. The minimum absolute atomic E-state index is 0.369. The first-order chi connectivity index (χ1) is 16.1. The molecule has 0 aliphatic carbocycles. The molecule has 3 aromatic carbocycles. The summed E-state index contributed by atoms with van der Waals surface area (Å²) in [6.45, 7) is 5.88. The molecule has 8 heteroatoms. The SMILES string of the molecule is Cc1ccc(COc2ccc(/C=N\NC(=O)CN(c3ccc(C)cc3C)S(C)(=O)=O)cc2)cc1. The molecule has 3 aromatic rings. The number of rotatable bonds is 9. The molecule has 1 N–H and O–H groups in total. The predicted molar refractivity (Wildman–Crippen MR) is 136 cm³/mol. The third kappa shape index (κ3) is 7.18. The molecule has 0 aliphatic heterocycles. The molecule has 0 atom stereocenters. The van der Waals surface area contributed by atoms with E-state index >= 15 is 0 Å². The fourth-order valence-corrected chi connectivity index (χ4v) is 4.23. The number of nitrogens with one attached hydrogen (secondary N) is 1. The first-order valence-electron chi connectivity index (χ1n) is 10.8. The average molecular weight is 480 g/mol. The van der Waals surface area contributed by atoms with Crippen LogP contribution in [0.3, 0.4) is 0 Å².